The SMILES string of the molecule is COc1ccc(CCN(Cc2ccc(C)cc2)Cc2nc(C(=O)Nc3ccccc3F)cs2)cc1OC. The lowest BCUT2D eigenvalue weighted by atomic mass is 10.1. The molecule has 6 nitrogen and oxygen atoms in total. The van der Waals surface area contributed by atoms with Gasteiger partial charge in [-0.1, -0.05) is 48.0 Å². The zero-order chi connectivity index (χ0) is 26.2. The lowest BCUT2D eigenvalue weighted by Crippen LogP contribution is -2.25. The van der Waals surface area contributed by atoms with Crippen LogP contribution < -0.4 is 14.8 Å². The maximum absolute atomic E-state index is 13.9. The molecule has 4 aromatic rings. The number of ether oxygens (including phenoxy) is 2. The van der Waals surface area contributed by atoms with E-state index >= 15 is 0 Å². The highest BCUT2D eigenvalue weighted by molar-refractivity contribution is 7.09. The van der Waals surface area contributed by atoms with E-state index in [-0.39, 0.29) is 11.4 Å². The van der Waals surface area contributed by atoms with Crippen LogP contribution in [0.3, 0.4) is 0 Å². The van der Waals surface area contributed by atoms with E-state index in [1.54, 1.807) is 31.7 Å². The Balaban J connectivity index is 1.47. The molecule has 0 atom stereocenters. The Labute approximate surface area is 220 Å². The summed E-state index contributed by atoms with van der Waals surface area (Å²) in [5.41, 5.74) is 3.96. The molecule has 1 amide bonds. The summed E-state index contributed by atoms with van der Waals surface area (Å²) in [6.45, 7) is 4.17. The molecule has 0 fully saturated rings. The second-order valence-corrected chi connectivity index (χ2v) is 9.64. The number of amides is 1. The normalized spacial score (nSPS) is 10.9. The fourth-order valence-electron chi connectivity index (χ4n) is 3.92. The van der Waals surface area contributed by atoms with E-state index in [2.05, 4.69) is 46.4 Å². The van der Waals surface area contributed by atoms with Gasteiger partial charge < -0.3 is 14.8 Å². The lowest BCUT2D eigenvalue weighted by molar-refractivity contribution is 0.102. The van der Waals surface area contributed by atoms with Gasteiger partial charge in [-0.2, -0.15) is 0 Å². The van der Waals surface area contributed by atoms with E-state index in [1.165, 1.54) is 34.6 Å². The van der Waals surface area contributed by atoms with Crippen LogP contribution in [-0.2, 0) is 19.5 Å². The van der Waals surface area contributed by atoms with Gasteiger partial charge in [-0.25, -0.2) is 9.37 Å². The molecule has 3 aromatic carbocycles. The molecule has 4 rings (SSSR count). The minimum absolute atomic E-state index is 0.137. The van der Waals surface area contributed by atoms with Gasteiger partial charge in [0, 0.05) is 18.5 Å². The predicted octanol–water partition coefficient (Wildman–Crippen LogP) is 6.11. The quantitative estimate of drug-likeness (QED) is 0.259. The van der Waals surface area contributed by atoms with E-state index in [1.807, 2.05) is 18.2 Å². The number of halogens is 1. The molecule has 37 heavy (non-hydrogen) atoms. The highest BCUT2D eigenvalue weighted by Crippen LogP contribution is 2.28. The number of anilines is 1. The molecular weight excluding hydrogens is 489 g/mol. The van der Waals surface area contributed by atoms with E-state index in [0.29, 0.717) is 18.0 Å². The van der Waals surface area contributed by atoms with Crippen LogP contribution in [0.1, 0.15) is 32.2 Å². The van der Waals surface area contributed by atoms with Crippen molar-refractivity contribution in [3.05, 3.63) is 105 Å². The Morgan fingerprint density at radius 3 is 2.43 bits per heavy atom. The van der Waals surface area contributed by atoms with Crippen LogP contribution in [0.5, 0.6) is 11.5 Å². The van der Waals surface area contributed by atoms with Gasteiger partial charge in [0.15, 0.2) is 11.5 Å². The number of rotatable bonds is 11. The maximum atomic E-state index is 13.9. The summed E-state index contributed by atoms with van der Waals surface area (Å²) in [6, 6.07) is 20.5. The van der Waals surface area contributed by atoms with Crippen molar-refractivity contribution in [2.24, 2.45) is 0 Å². The van der Waals surface area contributed by atoms with Crippen molar-refractivity contribution in [2.75, 3.05) is 26.1 Å². The molecule has 0 saturated carbocycles. The van der Waals surface area contributed by atoms with Crippen molar-refractivity contribution in [3.8, 4) is 11.5 Å². The minimum atomic E-state index is -0.481. The van der Waals surface area contributed by atoms with Gasteiger partial charge in [0.05, 0.1) is 26.5 Å². The number of benzene rings is 3. The van der Waals surface area contributed by atoms with Gasteiger partial charge in [-0.15, -0.1) is 11.3 Å². The van der Waals surface area contributed by atoms with E-state index in [4.69, 9.17) is 9.47 Å². The fourth-order valence-corrected chi connectivity index (χ4v) is 4.73. The van der Waals surface area contributed by atoms with Gasteiger partial charge in [0.2, 0.25) is 0 Å². The third-order valence-electron chi connectivity index (χ3n) is 5.96. The maximum Gasteiger partial charge on any atom is 0.275 e. The first-order valence-electron chi connectivity index (χ1n) is 11.9. The second kappa shape index (κ2) is 12.5. The number of thiazole rings is 1. The molecule has 0 aliphatic rings. The highest BCUT2D eigenvalue weighted by Gasteiger charge is 2.16. The molecule has 0 aliphatic carbocycles. The summed E-state index contributed by atoms with van der Waals surface area (Å²) in [4.78, 5) is 19.5. The number of aryl methyl sites for hydroxylation is 1. The number of nitrogens with one attached hydrogen (secondary N) is 1. The molecule has 0 radical (unpaired) electrons. The number of carbonyl (C=O) groups is 1. The van der Waals surface area contributed by atoms with Crippen LogP contribution in [-0.4, -0.2) is 36.6 Å². The summed E-state index contributed by atoms with van der Waals surface area (Å²) in [5.74, 6) is 0.496. The van der Waals surface area contributed by atoms with Gasteiger partial charge in [0.1, 0.15) is 16.5 Å². The summed E-state index contributed by atoms with van der Waals surface area (Å²) < 4.78 is 24.7. The first kappa shape index (κ1) is 26.3. The molecule has 1 aromatic heterocycles. The number of hydrogen-bond donors (Lipinski definition) is 1. The summed E-state index contributed by atoms with van der Waals surface area (Å²) >= 11 is 1.42. The first-order chi connectivity index (χ1) is 17.9. The number of carbonyl (C=O) groups excluding carboxylic acids is 1. The fraction of sp³-hybridized carbons (Fsp3) is 0.241. The van der Waals surface area contributed by atoms with Crippen LogP contribution in [0.25, 0.3) is 0 Å². The molecule has 8 heteroatoms. The molecule has 0 saturated heterocycles. The largest absolute Gasteiger partial charge is 0.493 e. The molecular formula is C29H30FN3O3S. The number of aromatic nitrogens is 1. The zero-order valence-corrected chi connectivity index (χ0v) is 22.0. The smallest absolute Gasteiger partial charge is 0.275 e. The van der Waals surface area contributed by atoms with Crippen molar-refractivity contribution in [3.63, 3.8) is 0 Å². The third kappa shape index (κ3) is 7.15. The summed E-state index contributed by atoms with van der Waals surface area (Å²) in [7, 11) is 3.26. The van der Waals surface area contributed by atoms with Crippen LogP contribution in [0.4, 0.5) is 10.1 Å². The van der Waals surface area contributed by atoms with E-state index in [9.17, 15) is 9.18 Å². The third-order valence-corrected chi connectivity index (χ3v) is 6.79. The molecule has 0 spiro atoms. The standard InChI is InChI=1S/C29H30FN3O3S/c1-20-8-10-22(11-9-20)17-33(15-14-21-12-13-26(35-2)27(16-21)36-3)18-28-31-25(19-37-28)29(34)32-24-7-5-4-6-23(24)30/h4-13,16,19H,14-15,17-18H2,1-3H3,(H,32,34). The molecule has 0 unspecified atom stereocenters. The number of methoxy groups -OCH3 is 2. The molecule has 192 valence electrons. The molecule has 1 N–H and O–H groups in total. The van der Waals surface area contributed by atoms with Crippen LogP contribution in [0, 0.1) is 12.7 Å². The Kier molecular flexibility index (Phi) is 8.87. The van der Waals surface area contributed by atoms with Gasteiger partial charge in [0.25, 0.3) is 5.91 Å². The topological polar surface area (TPSA) is 63.7 Å². The zero-order valence-electron chi connectivity index (χ0n) is 21.2. The molecule has 0 bridgehead atoms. The molecule has 0 aliphatic heterocycles. The Hall–Kier alpha value is -3.75. The Morgan fingerprint density at radius 2 is 1.70 bits per heavy atom. The summed E-state index contributed by atoms with van der Waals surface area (Å²) in [5, 5.41) is 5.13. The number of para-hydroxylation sites is 1. The monoisotopic (exact) mass is 519 g/mol. The van der Waals surface area contributed by atoms with Crippen LogP contribution in [0.2, 0.25) is 0 Å². The highest BCUT2D eigenvalue weighted by atomic mass is 32.1. The van der Waals surface area contributed by atoms with Crippen molar-refractivity contribution < 1.29 is 18.7 Å². The average Bonchev–Trinajstić information content (AvgIpc) is 3.38. The number of hydrogen-bond acceptors (Lipinski definition) is 6. The second-order valence-electron chi connectivity index (χ2n) is 8.70. The van der Waals surface area contributed by atoms with Crippen LogP contribution in [0.15, 0.2) is 72.1 Å². The Bertz CT molecular complexity index is 1340. The van der Waals surface area contributed by atoms with Crippen molar-refractivity contribution >= 4 is 22.9 Å². The minimum Gasteiger partial charge on any atom is -0.493 e. The lowest BCUT2D eigenvalue weighted by Gasteiger charge is -2.22. The average molecular weight is 520 g/mol. The Morgan fingerprint density at radius 1 is 0.973 bits per heavy atom. The van der Waals surface area contributed by atoms with Crippen LogP contribution >= 0.6 is 11.3 Å². The van der Waals surface area contributed by atoms with Gasteiger partial charge >= 0.3 is 0 Å². The first-order valence-corrected chi connectivity index (χ1v) is 12.8. The van der Waals surface area contributed by atoms with E-state index in [0.717, 1.165) is 30.1 Å². The van der Waals surface area contributed by atoms with Gasteiger partial charge in [-0.3, -0.25) is 9.69 Å². The predicted molar refractivity (Wildman–Crippen MR) is 145 cm³/mol. The molecule has 1 heterocycles. The van der Waals surface area contributed by atoms with Gasteiger partial charge in [-0.05, 0) is 48.7 Å². The summed E-state index contributed by atoms with van der Waals surface area (Å²) in [6.07, 6.45) is 0.804. The van der Waals surface area contributed by atoms with Crippen molar-refractivity contribution in [1.82, 2.24) is 9.88 Å². The van der Waals surface area contributed by atoms with E-state index < -0.39 is 11.7 Å². The van der Waals surface area contributed by atoms with Crippen molar-refractivity contribution in [2.45, 2.75) is 26.4 Å². The van der Waals surface area contributed by atoms with Crippen molar-refractivity contribution in [1.29, 1.82) is 0 Å². The number of nitrogens with zero attached hydrogens (tertiary/aromatic N) is 2.